The number of rotatable bonds is 4. The van der Waals surface area contributed by atoms with E-state index in [-0.39, 0.29) is 24.8 Å². The minimum atomic E-state index is -4.02. The number of sulfone groups is 1. The van der Waals surface area contributed by atoms with Crippen molar-refractivity contribution in [2.45, 2.75) is 16.0 Å². The van der Waals surface area contributed by atoms with Crippen LogP contribution in [0, 0.1) is 6.92 Å². The summed E-state index contributed by atoms with van der Waals surface area (Å²) in [5.74, 6) is -0.666. The summed E-state index contributed by atoms with van der Waals surface area (Å²) in [7, 11) is -4.02. The van der Waals surface area contributed by atoms with Gasteiger partial charge in [-0.05, 0) is 37.3 Å². The molecule has 2 aromatic carbocycles. The molecule has 0 radical (unpaired) electrons. The van der Waals surface area contributed by atoms with Gasteiger partial charge >= 0.3 is 0 Å². The molecule has 3 rings (SSSR count). The molecule has 0 fully saturated rings. The van der Waals surface area contributed by atoms with Crippen molar-refractivity contribution in [1.29, 1.82) is 0 Å². The Morgan fingerprint density at radius 1 is 1.08 bits per heavy atom. The van der Waals surface area contributed by atoms with Gasteiger partial charge in [-0.3, -0.25) is 4.79 Å². The molecule has 6 nitrogen and oxygen atoms in total. The number of benzene rings is 2. The van der Waals surface area contributed by atoms with Crippen LogP contribution in [0.3, 0.4) is 0 Å². The summed E-state index contributed by atoms with van der Waals surface area (Å²) in [5, 5.41) is 6.61. The summed E-state index contributed by atoms with van der Waals surface area (Å²) in [5.41, 5.74) is 1.27. The Bertz CT molecular complexity index is 1080. The van der Waals surface area contributed by atoms with Crippen LogP contribution in [-0.2, 0) is 9.84 Å². The van der Waals surface area contributed by atoms with Gasteiger partial charge in [-0.25, -0.2) is 8.42 Å². The fourth-order valence-electron chi connectivity index (χ4n) is 2.08. The molecule has 0 saturated carbocycles. The summed E-state index contributed by atoms with van der Waals surface area (Å²) in [6, 6.07) is 11.0. The molecule has 0 spiro atoms. The maximum atomic E-state index is 12.8. The number of amides is 1. The van der Waals surface area contributed by atoms with Gasteiger partial charge in [-0.2, -0.15) is 0 Å². The first-order valence-electron chi connectivity index (χ1n) is 7.19. The van der Waals surface area contributed by atoms with Gasteiger partial charge in [0.15, 0.2) is 9.90 Å². The van der Waals surface area contributed by atoms with Gasteiger partial charge in [0.1, 0.15) is 0 Å². The first kappa shape index (κ1) is 18.8. The van der Waals surface area contributed by atoms with Crippen LogP contribution < -0.4 is 5.32 Å². The van der Waals surface area contributed by atoms with Gasteiger partial charge in [-0.15, -0.1) is 5.10 Å². The number of hydrogen-bond donors (Lipinski definition) is 1. The van der Waals surface area contributed by atoms with E-state index in [1.54, 1.807) is 12.1 Å². The average molecular weight is 428 g/mol. The SMILES string of the molecule is Cc1ccc(NC(=O)c2nnsc2S(=O)(=O)c2ccc(Cl)c(Cl)c2)cc1. The van der Waals surface area contributed by atoms with Crippen LogP contribution in [0.2, 0.25) is 10.0 Å². The number of nitrogens with zero attached hydrogens (tertiary/aromatic N) is 2. The van der Waals surface area contributed by atoms with Gasteiger partial charge in [0.25, 0.3) is 5.91 Å². The minimum absolute atomic E-state index is 0.0934. The highest BCUT2D eigenvalue weighted by Gasteiger charge is 2.29. The third kappa shape index (κ3) is 3.73. The van der Waals surface area contributed by atoms with Gasteiger partial charge in [0, 0.05) is 17.2 Å². The highest BCUT2D eigenvalue weighted by Crippen LogP contribution is 2.31. The largest absolute Gasteiger partial charge is 0.321 e. The van der Waals surface area contributed by atoms with Crippen LogP contribution in [0.15, 0.2) is 51.6 Å². The number of nitrogens with one attached hydrogen (secondary N) is 1. The third-order valence-electron chi connectivity index (χ3n) is 3.43. The zero-order chi connectivity index (χ0) is 18.9. The number of aromatic nitrogens is 2. The number of halogens is 2. The first-order valence-corrected chi connectivity index (χ1v) is 10.2. The van der Waals surface area contributed by atoms with E-state index in [1.807, 2.05) is 19.1 Å². The summed E-state index contributed by atoms with van der Waals surface area (Å²) in [6.45, 7) is 1.91. The van der Waals surface area contributed by atoms with Crippen LogP contribution in [0.4, 0.5) is 5.69 Å². The zero-order valence-electron chi connectivity index (χ0n) is 13.2. The van der Waals surface area contributed by atoms with Crippen LogP contribution in [0.25, 0.3) is 0 Å². The average Bonchev–Trinajstić information content (AvgIpc) is 3.10. The number of aryl methyl sites for hydroxylation is 1. The van der Waals surface area contributed by atoms with Crippen molar-refractivity contribution in [3.8, 4) is 0 Å². The molecule has 0 saturated heterocycles. The summed E-state index contributed by atoms with van der Waals surface area (Å²) < 4.78 is 29.0. The van der Waals surface area contributed by atoms with Gasteiger partial charge in [-0.1, -0.05) is 45.4 Å². The Kier molecular flexibility index (Phi) is 5.29. The quantitative estimate of drug-likeness (QED) is 0.672. The standard InChI is InChI=1S/C16H11Cl2N3O3S2/c1-9-2-4-10(5-3-9)19-15(22)14-16(25-21-20-14)26(23,24)11-6-7-12(17)13(18)8-11/h2-8H,1H3,(H,19,22). The molecule has 0 bridgehead atoms. The Labute approximate surface area is 163 Å². The maximum Gasteiger partial charge on any atom is 0.278 e. The molecule has 0 unspecified atom stereocenters. The predicted octanol–water partition coefficient (Wildman–Crippen LogP) is 4.24. The smallest absolute Gasteiger partial charge is 0.278 e. The second kappa shape index (κ2) is 7.32. The van der Waals surface area contributed by atoms with Crippen molar-refractivity contribution in [3.63, 3.8) is 0 Å². The molecular weight excluding hydrogens is 417 g/mol. The molecule has 26 heavy (non-hydrogen) atoms. The Morgan fingerprint density at radius 3 is 2.42 bits per heavy atom. The number of anilines is 1. The Balaban J connectivity index is 1.95. The highest BCUT2D eigenvalue weighted by atomic mass is 35.5. The summed E-state index contributed by atoms with van der Waals surface area (Å²) in [6.07, 6.45) is 0. The molecule has 0 aliphatic heterocycles. The monoisotopic (exact) mass is 427 g/mol. The molecule has 1 amide bonds. The van der Waals surface area contributed by atoms with Crippen LogP contribution in [-0.4, -0.2) is 23.9 Å². The lowest BCUT2D eigenvalue weighted by atomic mass is 10.2. The molecule has 0 atom stereocenters. The summed E-state index contributed by atoms with van der Waals surface area (Å²) in [4.78, 5) is 12.4. The van der Waals surface area contributed by atoms with Gasteiger partial charge in [0.2, 0.25) is 9.84 Å². The van der Waals surface area contributed by atoms with Crippen molar-refractivity contribution in [2.75, 3.05) is 5.32 Å². The van der Waals surface area contributed by atoms with E-state index in [9.17, 15) is 13.2 Å². The van der Waals surface area contributed by atoms with E-state index >= 15 is 0 Å². The molecule has 10 heteroatoms. The van der Waals surface area contributed by atoms with Crippen LogP contribution >= 0.6 is 34.7 Å². The topological polar surface area (TPSA) is 89.0 Å². The van der Waals surface area contributed by atoms with Crippen LogP contribution in [0.5, 0.6) is 0 Å². The van der Waals surface area contributed by atoms with Crippen molar-refractivity contribution in [2.24, 2.45) is 0 Å². The molecule has 0 aliphatic carbocycles. The Morgan fingerprint density at radius 2 is 1.77 bits per heavy atom. The van der Waals surface area contributed by atoms with Crippen LogP contribution in [0.1, 0.15) is 16.1 Å². The van der Waals surface area contributed by atoms with Gasteiger partial charge < -0.3 is 5.32 Å². The molecule has 0 aliphatic rings. The van der Waals surface area contributed by atoms with E-state index < -0.39 is 15.7 Å². The second-order valence-electron chi connectivity index (χ2n) is 5.31. The maximum absolute atomic E-state index is 12.8. The van der Waals surface area contributed by atoms with E-state index in [2.05, 4.69) is 14.9 Å². The molecule has 1 aromatic heterocycles. The van der Waals surface area contributed by atoms with E-state index in [0.717, 1.165) is 5.56 Å². The summed E-state index contributed by atoms with van der Waals surface area (Å²) >= 11 is 12.3. The highest BCUT2D eigenvalue weighted by molar-refractivity contribution is 7.93. The number of carbonyl (C=O) groups is 1. The lowest BCUT2D eigenvalue weighted by molar-refractivity contribution is 0.101. The minimum Gasteiger partial charge on any atom is -0.321 e. The van der Waals surface area contributed by atoms with E-state index in [4.69, 9.17) is 23.2 Å². The third-order valence-corrected chi connectivity index (χ3v) is 7.13. The van der Waals surface area contributed by atoms with Gasteiger partial charge in [0.05, 0.1) is 14.9 Å². The zero-order valence-corrected chi connectivity index (χ0v) is 16.4. The number of hydrogen-bond acceptors (Lipinski definition) is 6. The molecule has 134 valence electrons. The second-order valence-corrected chi connectivity index (χ2v) is 9.02. The molecule has 1 N–H and O–H groups in total. The van der Waals surface area contributed by atoms with Crippen molar-refractivity contribution < 1.29 is 13.2 Å². The van der Waals surface area contributed by atoms with E-state index in [1.165, 1.54) is 18.2 Å². The molecule has 1 heterocycles. The van der Waals surface area contributed by atoms with Crippen molar-refractivity contribution >= 4 is 56.2 Å². The Hall–Kier alpha value is -2.00. The fraction of sp³-hybridized carbons (Fsp3) is 0.0625. The first-order chi connectivity index (χ1) is 12.3. The van der Waals surface area contributed by atoms with E-state index in [0.29, 0.717) is 17.2 Å². The predicted molar refractivity (Wildman–Crippen MR) is 101 cm³/mol. The molecular formula is C16H11Cl2N3O3S2. The molecule has 3 aromatic rings. The normalized spacial score (nSPS) is 11.3. The lowest BCUT2D eigenvalue weighted by Gasteiger charge is -2.06. The van der Waals surface area contributed by atoms with Crippen molar-refractivity contribution in [3.05, 3.63) is 63.8 Å². The fourth-order valence-corrected chi connectivity index (χ4v) is 4.76. The lowest BCUT2D eigenvalue weighted by Crippen LogP contribution is -2.16. The van der Waals surface area contributed by atoms with Crippen molar-refractivity contribution in [1.82, 2.24) is 9.59 Å². The number of carbonyl (C=O) groups excluding carboxylic acids is 1.